The smallest absolute Gasteiger partial charge is 0.270 e. The largest absolute Gasteiger partial charge is 0.382 e. The van der Waals surface area contributed by atoms with Crippen molar-refractivity contribution in [2.45, 2.75) is 51.5 Å². The zero-order chi connectivity index (χ0) is 30.5. The number of nitrogens with two attached hydrogens (primary N) is 1. The summed E-state index contributed by atoms with van der Waals surface area (Å²) in [5.41, 5.74) is 7.92. The molecule has 224 valence electrons. The summed E-state index contributed by atoms with van der Waals surface area (Å²) in [7, 11) is 0. The van der Waals surface area contributed by atoms with Gasteiger partial charge in [-0.15, -0.1) is 0 Å². The van der Waals surface area contributed by atoms with Crippen molar-refractivity contribution < 1.29 is 23.1 Å². The lowest BCUT2D eigenvalue weighted by atomic mass is 9.84. The molecule has 0 bridgehead atoms. The van der Waals surface area contributed by atoms with Gasteiger partial charge in [-0.25, -0.2) is 23.7 Å². The minimum absolute atomic E-state index is 0.0170. The molecule has 2 atom stereocenters. The van der Waals surface area contributed by atoms with Crippen molar-refractivity contribution in [3.8, 4) is 11.3 Å². The number of aromatic nitrogens is 4. The quantitative estimate of drug-likeness (QED) is 0.329. The number of amides is 2. The van der Waals surface area contributed by atoms with E-state index in [1.165, 1.54) is 12.3 Å². The summed E-state index contributed by atoms with van der Waals surface area (Å²) in [6, 6.07) is 9.26. The van der Waals surface area contributed by atoms with E-state index in [2.05, 4.69) is 22.2 Å². The van der Waals surface area contributed by atoms with Crippen molar-refractivity contribution in [2.24, 2.45) is 5.41 Å². The Bertz CT molecular complexity index is 1700. The summed E-state index contributed by atoms with van der Waals surface area (Å²) in [5.74, 6) is -2.31. The number of carbonyl (C=O) groups is 2. The van der Waals surface area contributed by atoms with Crippen molar-refractivity contribution in [1.29, 1.82) is 0 Å². The summed E-state index contributed by atoms with van der Waals surface area (Å²) in [6.07, 6.45) is 6.39. The minimum Gasteiger partial charge on any atom is -0.382 e. The van der Waals surface area contributed by atoms with Crippen LogP contribution in [0.5, 0.6) is 0 Å². The summed E-state index contributed by atoms with van der Waals surface area (Å²) in [5, 5.41) is 2.58. The zero-order valence-corrected chi connectivity index (χ0v) is 24.2. The van der Waals surface area contributed by atoms with E-state index < -0.39 is 17.2 Å². The molecule has 4 aromatic rings. The van der Waals surface area contributed by atoms with Gasteiger partial charge < -0.3 is 20.7 Å². The number of anilines is 2. The van der Waals surface area contributed by atoms with Crippen molar-refractivity contribution in [1.82, 2.24) is 24.3 Å². The minimum atomic E-state index is -3.06. The van der Waals surface area contributed by atoms with Gasteiger partial charge in [0.05, 0.1) is 18.6 Å². The van der Waals surface area contributed by atoms with Crippen LogP contribution in [0.1, 0.15) is 61.3 Å². The van der Waals surface area contributed by atoms with Gasteiger partial charge in [0.15, 0.2) is 0 Å². The van der Waals surface area contributed by atoms with E-state index in [-0.39, 0.29) is 29.2 Å². The van der Waals surface area contributed by atoms with Crippen LogP contribution in [0.4, 0.5) is 20.4 Å². The van der Waals surface area contributed by atoms with Gasteiger partial charge in [-0.1, -0.05) is 12.1 Å². The molecule has 5 heterocycles. The van der Waals surface area contributed by atoms with E-state index >= 15 is 0 Å². The number of rotatable bonds is 6. The average molecular weight is 590 g/mol. The first-order valence-electron chi connectivity index (χ1n) is 14.2. The molecule has 43 heavy (non-hydrogen) atoms. The number of fused-ring (bicyclic) bond motifs is 1. The monoisotopic (exact) mass is 589 g/mol. The molecule has 3 N–H and O–H groups in total. The number of benzene rings is 1. The number of nitrogens with zero attached hydrogens (tertiary/aromatic N) is 5. The molecule has 10 nitrogen and oxygen atoms in total. The number of piperidine rings is 1. The van der Waals surface area contributed by atoms with Crippen LogP contribution in [0, 0.1) is 5.41 Å². The summed E-state index contributed by atoms with van der Waals surface area (Å²) >= 11 is 0. The average Bonchev–Trinajstić information content (AvgIpc) is 3.36. The molecule has 2 fully saturated rings. The number of imidazole rings is 1. The van der Waals surface area contributed by atoms with Crippen LogP contribution in [-0.4, -0.2) is 61.9 Å². The van der Waals surface area contributed by atoms with Gasteiger partial charge in [0.1, 0.15) is 28.7 Å². The van der Waals surface area contributed by atoms with Crippen molar-refractivity contribution >= 4 is 29.0 Å². The lowest BCUT2D eigenvalue weighted by Crippen LogP contribution is -2.57. The summed E-state index contributed by atoms with van der Waals surface area (Å²) < 4.78 is 34.7. The fourth-order valence-corrected chi connectivity index (χ4v) is 5.80. The lowest BCUT2D eigenvalue weighted by molar-refractivity contribution is -0.172. The van der Waals surface area contributed by atoms with Gasteiger partial charge in [0.25, 0.3) is 11.8 Å². The molecular formula is C31H33F2N7O3. The first kappa shape index (κ1) is 28.7. The predicted molar refractivity (Wildman–Crippen MR) is 157 cm³/mol. The maximum absolute atomic E-state index is 13.7. The molecule has 0 unspecified atom stereocenters. The number of nitrogen functional groups attached to an aromatic ring is 1. The zero-order valence-electron chi connectivity index (χ0n) is 24.2. The first-order valence-corrected chi connectivity index (χ1v) is 14.2. The molecule has 6 rings (SSSR count). The molecule has 1 aromatic carbocycles. The highest BCUT2D eigenvalue weighted by atomic mass is 19.3. The third-order valence-electron chi connectivity index (χ3n) is 8.40. The van der Waals surface area contributed by atoms with Gasteiger partial charge in [0.2, 0.25) is 5.91 Å². The molecule has 2 amide bonds. The van der Waals surface area contributed by atoms with Gasteiger partial charge in [-0.3, -0.25) is 14.0 Å². The summed E-state index contributed by atoms with van der Waals surface area (Å²) in [4.78, 5) is 41.6. The van der Waals surface area contributed by atoms with Crippen LogP contribution >= 0.6 is 0 Å². The third-order valence-corrected chi connectivity index (χ3v) is 8.40. The first-order chi connectivity index (χ1) is 20.4. The third kappa shape index (κ3) is 5.31. The van der Waals surface area contributed by atoms with Gasteiger partial charge in [0, 0.05) is 60.7 Å². The molecular weight excluding hydrogens is 556 g/mol. The number of pyridine rings is 1. The number of hydrogen-bond acceptors (Lipinski definition) is 7. The Morgan fingerprint density at radius 1 is 1.12 bits per heavy atom. The molecule has 2 saturated heterocycles. The molecule has 0 aliphatic carbocycles. The maximum Gasteiger partial charge on any atom is 0.270 e. The van der Waals surface area contributed by atoms with Crippen molar-refractivity contribution in [3.05, 3.63) is 71.9 Å². The number of halogens is 2. The molecule has 2 aliphatic rings. The highest BCUT2D eigenvalue weighted by molar-refractivity contribution is 6.04. The van der Waals surface area contributed by atoms with Crippen LogP contribution in [0.15, 0.2) is 55.0 Å². The number of likely N-dealkylation sites (tertiary alicyclic amines) is 1. The molecule has 0 spiro atoms. The predicted octanol–water partition coefficient (Wildman–Crippen LogP) is 4.87. The van der Waals surface area contributed by atoms with Crippen LogP contribution in [0.2, 0.25) is 0 Å². The standard InChI is InChI=1S/C31H33F2N7O3/c1-18-4-5-21(15-40(18)29(42)30(2)16-43-17-30)27-38-24(25-26(34)36-12-13-39(25)27)19-6-8-20(9-7-19)28(41)37-23-14-22(10-11-35-23)31(3,32)33/h6-14,18,21H,4-5,15-17H2,1-3H3,(H2,34,36)(H,35,37,41)/t18-,21+/m0/s1. The van der Waals surface area contributed by atoms with Crippen molar-refractivity contribution in [3.63, 3.8) is 0 Å². The second kappa shape index (κ2) is 10.7. The number of alkyl halides is 2. The number of nitrogens with one attached hydrogen (secondary N) is 1. The molecule has 12 heteroatoms. The highest BCUT2D eigenvalue weighted by Gasteiger charge is 2.46. The van der Waals surface area contributed by atoms with Crippen LogP contribution in [-0.2, 0) is 15.5 Å². The van der Waals surface area contributed by atoms with Crippen LogP contribution < -0.4 is 11.1 Å². The SMILES string of the molecule is C[C@H]1CC[C@@H](c2nc(-c3ccc(C(=O)Nc4cc(C(C)(F)F)ccn4)cc3)c3c(N)nccn23)CN1C(=O)C1(C)COC1. The number of ether oxygens (including phenoxy) is 1. The fourth-order valence-electron chi connectivity index (χ4n) is 5.80. The second-order valence-corrected chi connectivity index (χ2v) is 11.8. The van der Waals surface area contributed by atoms with E-state index in [4.69, 9.17) is 15.5 Å². The maximum atomic E-state index is 13.7. The fraction of sp³-hybridized carbons (Fsp3) is 0.387. The van der Waals surface area contributed by atoms with Gasteiger partial charge >= 0.3 is 0 Å². The normalized spacial score (nSPS) is 20.1. The van der Waals surface area contributed by atoms with Crippen molar-refractivity contribution in [2.75, 3.05) is 30.8 Å². The Kier molecular flexibility index (Phi) is 7.11. The molecule has 3 aromatic heterocycles. The molecule has 0 radical (unpaired) electrons. The van der Waals surface area contributed by atoms with Crippen LogP contribution in [0.3, 0.4) is 0 Å². The Labute approximate surface area is 247 Å². The molecule has 0 saturated carbocycles. The topological polar surface area (TPSA) is 128 Å². The Balaban J connectivity index is 1.27. The second-order valence-electron chi connectivity index (χ2n) is 11.8. The van der Waals surface area contributed by atoms with E-state index in [0.29, 0.717) is 42.4 Å². The lowest BCUT2D eigenvalue weighted by Gasteiger charge is -2.45. The van der Waals surface area contributed by atoms with E-state index in [0.717, 1.165) is 37.2 Å². The van der Waals surface area contributed by atoms with E-state index in [1.807, 2.05) is 22.4 Å². The number of hydrogen-bond donors (Lipinski definition) is 2. The van der Waals surface area contributed by atoms with E-state index in [9.17, 15) is 18.4 Å². The molecule has 2 aliphatic heterocycles. The Hall–Kier alpha value is -4.45. The van der Waals surface area contributed by atoms with Gasteiger partial charge in [-0.05, 0) is 51.0 Å². The number of carbonyl (C=O) groups excluding carboxylic acids is 2. The Morgan fingerprint density at radius 2 is 1.86 bits per heavy atom. The summed E-state index contributed by atoms with van der Waals surface area (Å²) in [6.45, 7) is 6.22. The van der Waals surface area contributed by atoms with Gasteiger partial charge in [-0.2, -0.15) is 0 Å². The van der Waals surface area contributed by atoms with E-state index in [1.54, 1.807) is 30.5 Å². The van der Waals surface area contributed by atoms with Crippen LogP contribution in [0.25, 0.3) is 16.8 Å². The highest BCUT2D eigenvalue weighted by Crippen LogP contribution is 2.38. The Morgan fingerprint density at radius 3 is 2.53 bits per heavy atom.